The highest BCUT2D eigenvalue weighted by atomic mass is 32.1. The SMILES string of the molecule is Cc1ccc(C(N)=S)c(N2CCCC(C(C)(C)C)CC2)c1. The topological polar surface area (TPSA) is 29.3 Å². The summed E-state index contributed by atoms with van der Waals surface area (Å²) in [6.45, 7) is 11.4. The van der Waals surface area contributed by atoms with Gasteiger partial charge in [-0.2, -0.15) is 0 Å². The van der Waals surface area contributed by atoms with E-state index in [9.17, 15) is 0 Å². The summed E-state index contributed by atoms with van der Waals surface area (Å²) in [6, 6.07) is 6.39. The predicted octanol–water partition coefficient (Wildman–Crippen LogP) is 4.28. The second-order valence-corrected chi connectivity index (χ2v) is 7.81. The van der Waals surface area contributed by atoms with Gasteiger partial charge in [-0.15, -0.1) is 0 Å². The second-order valence-electron chi connectivity index (χ2n) is 7.37. The van der Waals surface area contributed by atoms with Crippen LogP contribution in [0.5, 0.6) is 0 Å². The third-order valence-corrected chi connectivity index (χ3v) is 4.93. The van der Waals surface area contributed by atoms with E-state index in [-0.39, 0.29) is 0 Å². The highest BCUT2D eigenvalue weighted by Gasteiger charge is 2.27. The Morgan fingerprint density at radius 2 is 1.95 bits per heavy atom. The number of benzene rings is 1. The molecule has 116 valence electrons. The van der Waals surface area contributed by atoms with Crippen LogP contribution < -0.4 is 10.6 Å². The molecule has 1 aliphatic heterocycles. The molecular weight excluding hydrogens is 276 g/mol. The molecule has 1 unspecified atom stereocenters. The normalized spacial score (nSPS) is 20.2. The molecule has 0 radical (unpaired) electrons. The molecule has 1 aromatic carbocycles. The van der Waals surface area contributed by atoms with Gasteiger partial charge in [-0.3, -0.25) is 0 Å². The Labute approximate surface area is 134 Å². The maximum absolute atomic E-state index is 5.91. The van der Waals surface area contributed by atoms with Crippen molar-refractivity contribution < 1.29 is 0 Å². The van der Waals surface area contributed by atoms with E-state index in [1.807, 2.05) is 0 Å². The minimum atomic E-state index is 0.397. The lowest BCUT2D eigenvalue weighted by Gasteiger charge is -2.30. The monoisotopic (exact) mass is 304 g/mol. The molecule has 2 nitrogen and oxygen atoms in total. The van der Waals surface area contributed by atoms with Gasteiger partial charge in [-0.25, -0.2) is 0 Å². The van der Waals surface area contributed by atoms with Crippen LogP contribution in [-0.2, 0) is 0 Å². The maximum Gasteiger partial charge on any atom is 0.106 e. The first-order chi connectivity index (χ1) is 9.79. The molecular formula is C18H28N2S. The van der Waals surface area contributed by atoms with Crippen molar-refractivity contribution >= 4 is 22.9 Å². The van der Waals surface area contributed by atoms with E-state index in [2.05, 4.69) is 50.8 Å². The second kappa shape index (κ2) is 6.35. The van der Waals surface area contributed by atoms with Gasteiger partial charge in [0.15, 0.2) is 0 Å². The van der Waals surface area contributed by atoms with Gasteiger partial charge in [0.2, 0.25) is 0 Å². The lowest BCUT2D eigenvalue weighted by Crippen LogP contribution is -2.28. The quantitative estimate of drug-likeness (QED) is 0.827. The summed E-state index contributed by atoms with van der Waals surface area (Å²) in [4.78, 5) is 2.98. The van der Waals surface area contributed by atoms with Crippen molar-refractivity contribution in [1.82, 2.24) is 0 Å². The van der Waals surface area contributed by atoms with Crippen molar-refractivity contribution in [2.75, 3.05) is 18.0 Å². The molecule has 0 aliphatic carbocycles. The van der Waals surface area contributed by atoms with E-state index in [0.717, 1.165) is 24.6 Å². The average Bonchev–Trinajstić information content (AvgIpc) is 2.63. The number of anilines is 1. The van der Waals surface area contributed by atoms with Gasteiger partial charge in [-0.05, 0) is 55.2 Å². The molecule has 3 heteroatoms. The van der Waals surface area contributed by atoms with Crippen LogP contribution in [0.4, 0.5) is 5.69 Å². The Kier molecular flexibility index (Phi) is 4.92. The first kappa shape index (κ1) is 16.3. The minimum absolute atomic E-state index is 0.397. The van der Waals surface area contributed by atoms with Crippen LogP contribution in [0.2, 0.25) is 0 Å². The summed E-state index contributed by atoms with van der Waals surface area (Å²) >= 11 is 5.23. The van der Waals surface area contributed by atoms with Gasteiger partial charge < -0.3 is 10.6 Å². The van der Waals surface area contributed by atoms with Gasteiger partial charge >= 0.3 is 0 Å². The summed E-state index contributed by atoms with van der Waals surface area (Å²) in [6.07, 6.45) is 3.80. The molecule has 1 fully saturated rings. The number of nitrogens with zero attached hydrogens (tertiary/aromatic N) is 1. The van der Waals surface area contributed by atoms with Crippen molar-refractivity contribution in [3.05, 3.63) is 29.3 Å². The summed E-state index contributed by atoms with van der Waals surface area (Å²) < 4.78 is 0. The zero-order valence-corrected chi connectivity index (χ0v) is 14.6. The molecule has 0 bridgehead atoms. The molecule has 2 N–H and O–H groups in total. The van der Waals surface area contributed by atoms with Gasteiger partial charge in [-0.1, -0.05) is 39.1 Å². The number of thiocarbonyl (C=S) groups is 1. The van der Waals surface area contributed by atoms with Crippen LogP contribution in [0.3, 0.4) is 0 Å². The fraction of sp³-hybridized carbons (Fsp3) is 0.611. The summed E-state index contributed by atoms with van der Waals surface area (Å²) in [5, 5.41) is 0. The van der Waals surface area contributed by atoms with Gasteiger partial charge in [0, 0.05) is 24.3 Å². The number of hydrogen-bond acceptors (Lipinski definition) is 2. The van der Waals surface area contributed by atoms with E-state index >= 15 is 0 Å². The van der Waals surface area contributed by atoms with Crippen molar-refractivity contribution in [2.24, 2.45) is 17.1 Å². The molecule has 1 aliphatic rings. The number of nitrogens with two attached hydrogens (primary N) is 1. The van der Waals surface area contributed by atoms with E-state index in [1.165, 1.54) is 30.5 Å². The Morgan fingerprint density at radius 1 is 1.24 bits per heavy atom. The summed E-state index contributed by atoms with van der Waals surface area (Å²) in [5.41, 5.74) is 9.81. The molecule has 1 heterocycles. The maximum atomic E-state index is 5.91. The number of rotatable bonds is 2. The van der Waals surface area contributed by atoms with E-state index in [4.69, 9.17) is 18.0 Å². The molecule has 21 heavy (non-hydrogen) atoms. The Bertz CT molecular complexity index is 516. The lowest BCUT2D eigenvalue weighted by molar-refractivity contribution is 0.220. The van der Waals surface area contributed by atoms with Gasteiger partial charge in [0.05, 0.1) is 0 Å². The predicted molar refractivity (Wildman–Crippen MR) is 96.1 cm³/mol. The summed E-state index contributed by atoms with van der Waals surface area (Å²) in [5.74, 6) is 0.792. The van der Waals surface area contributed by atoms with Crippen LogP contribution in [0, 0.1) is 18.3 Å². The van der Waals surface area contributed by atoms with E-state index in [0.29, 0.717) is 10.4 Å². The molecule has 0 amide bonds. The van der Waals surface area contributed by atoms with E-state index < -0.39 is 0 Å². The van der Waals surface area contributed by atoms with Gasteiger partial charge in [0.25, 0.3) is 0 Å². The Hall–Kier alpha value is -1.09. The van der Waals surface area contributed by atoms with Crippen molar-refractivity contribution in [1.29, 1.82) is 0 Å². The highest BCUT2D eigenvalue weighted by molar-refractivity contribution is 7.80. The van der Waals surface area contributed by atoms with Gasteiger partial charge in [0.1, 0.15) is 4.99 Å². The zero-order chi connectivity index (χ0) is 15.6. The first-order valence-corrected chi connectivity index (χ1v) is 8.35. The molecule has 0 saturated carbocycles. The Balaban J connectivity index is 2.23. The Morgan fingerprint density at radius 3 is 2.57 bits per heavy atom. The highest BCUT2D eigenvalue weighted by Crippen LogP contribution is 2.35. The van der Waals surface area contributed by atoms with Crippen molar-refractivity contribution in [2.45, 2.75) is 47.0 Å². The lowest BCUT2D eigenvalue weighted by atomic mass is 9.77. The smallest absolute Gasteiger partial charge is 0.106 e. The van der Waals surface area contributed by atoms with Crippen LogP contribution in [0.1, 0.15) is 51.2 Å². The largest absolute Gasteiger partial charge is 0.389 e. The number of aryl methyl sites for hydroxylation is 1. The molecule has 0 spiro atoms. The van der Waals surface area contributed by atoms with Crippen LogP contribution >= 0.6 is 12.2 Å². The van der Waals surface area contributed by atoms with Crippen LogP contribution in [-0.4, -0.2) is 18.1 Å². The molecule has 2 rings (SSSR count). The third-order valence-electron chi connectivity index (χ3n) is 4.71. The third kappa shape index (κ3) is 3.97. The van der Waals surface area contributed by atoms with Crippen LogP contribution in [0.25, 0.3) is 0 Å². The minimum Gasteiger partial charge on any atom is -0.389 e. The molecule has 0 aromatic heterocycles. The average molecular weight is 305 g/mol. The fourth-order valence-corrected chi connectivity index (χ4v) is 3.49. The molecule has 1 aromatic rings. The number of hydrogen-bond donors (Lipinski definition) is 1. The van der Waals surface area contributed by atoms with Crippen molar-refractivity contribution in [3.63, 3.8) is 0 Å². The van der Waals surface area contributed by atoms with Crippen molar-refractivity contribution in [3.8, 4) is 0 Å². The first-order valence-electron chi connectivity index (χ1n) is 7.94. The molecule has 1 saturated heterocycles. The summed E-state index contributed by atoms with van der Waals surface area (Å²) in [7, 11) is 0. The fourth-order valence-electron chi connectivity index (χ4n) is 3.31. The van der Waals surface area contributed by atoms with E-state index in [1.54, 1.807) is 0 Å². The standard InChI is InChI=1S/C18H28N2S/c1-13-7-8-15(17(19)21)16(12-13)20-10-5-6-14(9-11-20)18(2,3)4/h7-8,12,14H,5-6,9-11H2,1-4H3,(H2,19,21). The molecule has 1 atom stereocenters. The zero-order valence-electron chi connectivity index (χ0n) is 13.8. The van der Waals surface area contributed by atoms with Crippen LogP contribution in [0.15, 0.2) is 18.2 Å².